The maximum atomic E-state index is 12.4. The van der Waals surface area contributed by atoms with Crippen LogP contribution in [0.15, 0.2) is 0 Å². The van der Waals surface area contributed by atoms with Crippen molar-refractivity contribution in [3.8, 4) is 0 Å². The Kier molecular flexibility index (Phi) is 2.07. The lowest BCUT2D eigenvalue weighted by Gasteiger charge is -2.35. The zero-order valence-electron chi connectivity index (χ0n) is 9.43. The molecule has 1 heterocycles. The highest BCUT2D eigenvalue weighted by Crippen LogP contribution is 2.70. The van der Waals surface area contributed by atoms with Crippen LogP contribution in [0, 0.1) is 16.7 Å². The van der Waals surface area contributed by atoms with Crippen LogP contribution in [0.4, 0.5) is 0 Å². The number of ketones is 1. The minimum Gasteiger partial charge on any atom is -0.296 e. The van der Waals surface area contributed by atoms with Gasteiger partial charge < -0.3 is 0 Å². The summed E-state index contributed by atoms with van der Waals surface area (Å²) in [5, 5.41) is 1.82. The Balaban J connectivity index is 2.04. The van der Waals surface area contributed by atoms with E-state index < -0.39 is 9.75 Å². The van der Waals surface area contributed by atoms with Gasteiger partial charge in [0.25, 0.3) is 0 Å². The smallest absolute Gasteiger partial charge is 0.179 e. The van der Waals surface area contributed by atoms with Gasteiger partial charge in [-0.2, -0.15) is 5.06 Å². The zero-order chi connectivity index (χ0) is 11.8. The maximum absolute atomic E-state index is 12.4. The first-order chi connectivity index (χ1) is 7.32. The first kappa shape index (κ1) is 11.3. The van der Waals surface area contributed by atoms with E-state index in [4.69, 9.17) is 28.0 Å². The van der Waals surface area contributed by atoms with Crippen molar-refractivity contribution in [2.45, 2.75) is 31.0 Å². The molecule has 3 aliphatic rings. The van der Waals surface area contributed by atoms with E-state index in [1.165, 1.54) is 0 Å². The third kappa shape index (κ3) is 1.10. The van der Waals surface area contributed by atoms with Crippen LogP contribution in [0.5, 0.6) is 0 Å². The lowest BCUT2D eigenvalue weighted by molar-refractivity contribution is -0.131. The van der Waals surface area contributed by atoms with Crippen LogP contribution >= 0.6 is 23.2 Å². The van der Waals surface area contributed by atoms with Gasteiger partial charge in [-0.25, -0.2) is 0 Å². The molecule has 1 aliphatic heterocycles. The summed E-state index contributed by atoms with van der Waals surface area (Å²) in [6.45, 7) is 5.47. The number of hydrogen-bond donors (Lipinski definition) is 0. The van der Waals surface area contributed by atoms with Gasteiger partial charge in [-0.3, -0.25) is 9.63 Å². The SMILES string of the molecule is CC1(C)C2CCC1(CN1CO1)C(=O)C2(Cl)Cl. The molecule has 3 fully saturated rings. The Labute approximate surface area is 105 Å². The molecule has 5 heteroatoms. The van der Waals surface area contributed by atoms with Crippen LogP contribution < -0.4 is 0 Å². The van der Waals surface area contributed by atoms with Gasteiger partial charge in [0.2, 0.25) is 0 Å². The largest absolute Gasteiger partial charge is 0.296 e. The van der Waals surface area contributed by atoms with Gasteiger partial charge >= 0.3 is 0 Å². The summed E-state index contributed by atoms with van der Waals surface area (Å²) in [7, 11) is 0. The van der Waals surface area contributed by atoms with E-state index in [9.17, 15) is 4.79 Å². The molecule has 2 bridgehead atoms. The van der Waals surface area contributed by atoms with E-state index >= 15 is 0 Å². The van der Waals surface area contributed by atoms with E-state index in [1.54, 1.807) is 0 Å². The van der Waals surface area contributed by atoms with Gasteiger partial charge in [-0.1, -0.05) is 37.0 Å². The fourth-order valence-corrected chi connectivity index (χ4v) is 4.84. The van der Waals surface area contributed by atoms with Crippen LogP contribution in [0.25, 0.3) is 0 Å². The van der Waals surface area contributed by atoms with E-state index in [1.807, 2.05) is 5.06 Å². The topological polar surface area (TPSA) is 32.6 Å². The van der Waals surface area contributed by atoms with E-state index in [-0.39, 0.29) is 17.1 Å². The predicted octanol–water partition coefficient (Wildman–Crippen LogP) is 2.37. The van der Waals surface area contributed by atoms with Gasteiger partial charge in [0.05, 0.1) is 5.41 Å². The molecule has 2 aliphatic carbocycles. The number of hydrogen-bond acceptors (Lipinski definition) is 3. The number of nitrogens with zero attached hydrogens (tertiary/aromatic N) is 1. The molecule has 90 valence electrons. The summed E-state index contributed by atoms with van der Waals surface area (Å²) < 4.78 is -1.20. The highest BCUT2D eigenvalue weighted by molar-refractivity contribution is 6.60. The Morgan fingerprint density at radius 2 is 2.12 bits per heavy atom. The van der Waals surface area contributed by atoms with E-state index in [2.05, 4.69) is 13.8 Å². The van der Waals surface area contributed by atoms with E-state index in [0.29, 0.717) is 13.3 Å². The van der Waals surface area contributed by atoms with Crippen molar-refractivity contribution in [2.24, 2.45) is 16.7 Å². The van der Waals surface area contributed by atoms with Gasteiger partial charge in [0.1, 0.15) is 6.73 Å². The van der Waals surface area contributed by atoms with Crippen molar-refractivity contribution >= 4 is 29.0 Å². The first-order valence-electron chi connectivity index (χ1n) is 5.63. The summed E-state index contributed by atoms with van der Waals surface area (Å²) >= 11 is 12.5. The average molecular weight is 264 g/mol. The number of alkyl halides is 2. The predicted molar refractivity (Wildman–Crippen MR) is 61.0 cm³/mol. The second-order valence-corrected chi connectivity index (χ2v) is 7.13. The molecule has 0 radical (unpaired) electrons. The second-order valence-electron chi connectivity index (χ2n) is 5.75. The Hall–Kier alpha value is 0.170. The normalized spacial score (nSPS) is 47.4. The second kappa shape index (κ2) is 2.94. The number of carbonyl (C=O) groups is 1. The Morgan fingerprint density at radius 1 is 1.50 bits per heavy atom. The summed E-state index contributed by atoms with van der Waals surface area (Å²) in [5.74, 6) is 0.0656. The third-order valence-corrected chi connectivity index (χ3v) is 5.77. The van der Waals surface area contributed by atoms with Crippen molar-refractivity contribution in [1.82, 2.24) is 5.06 Å². The molecule has 0 spiro atoms. The van der Waals surface area contributed by atoms with E-state index in [0.717, 1.165) is 12.8 Å². The summed E-state index contributed by atoms with van der Waals surface area (Å²) in [4.78, 5) is 17.6. The lowest BCUT2D eigenvalue weighted by atomic mass is 9.69. The van der Waals surface area contributed by atoms with Gasteiger partial charge in [-0.05, 0) is 18.3 Å². The van der Waals surface area contributed by atoms with Crippen LogP contribution in [-0.4, -0.2) is 28.5 Å². The molecular formula is C11H15Cl2NO2. The standard InChI is InChI=1S/C11H15Cl2NO2/c1-9(2)7-3-4-10(9,5-14-6-16-14)8(15)11(7,12)13/h7H,3-6H2,1-2H3. The molecule has 0 N–H and O–H groups in total. The molecule has 3 unspecified atom stereocenters. The maximum Gasteiger partial charge on any atom is 0.179 e. The highest BCUT2D eigenvalue weighted by atomic mass is 35.5. The van der Waals surface area contributed by atoms with Gasteiger partial charge in [0.15, 0.2) is 10.1 Å². The summed E-state index contributed by atoms with van der Waals surface area (Å²) in [5.41, 5.74) is -0.558. The minimum atomic E-state index is -1.20. The Bertz CT molecular complexity index is 365. The van der Waals surface area contributed by atoms with Crippen molar-refractivity contribution in [2.75, 3.05) is 13.3 Å². The highest BCUT2D eigenvalue weighted by Gasteiger charge is 2.74. The number of carbonyl (C=O) groups excluding carboxylic acids is 1. The molecule has 0 aromatic carbocycles. The third-order valence-electron chi connectivity index (χ3n) is 4.90. The lowest BCUT2D eigenvalue weighted by Crippen LogP contribution is -2.44. The molecule has 1 saturated heterocycles. The molecule has 0 aromatic heterocycles. The molecule has 3 atom stereocenters. The number of fused-ring (bicyclic) bond motifs is 2. The summed E-state index contributed by atoms with van der Waals surface area (Å²) in [6.07, 6.45) is 1.81. The molecule has 0 amide bonds. The molecule has 3 rings (SSSR count). The Morgan fingerprint density at radius 3 is 2.56 bits per heavy atom. The van der Waals surface area contributed by atoms with Gasteiger partial charge in [-0.15, -0.1) is 0 Å². The number of hydroxylamine groups is 2. The molecular weight excluding hydrogens is 249 g/mol. The molecule has 2 saturated carbocycles. The average Bonchev–Trinajstić information content (AvgIpc) is 2.89. The molecule has 0 aromatic rings. The number of halogens is 2. The van der Waals surface area contributed by atoms with Gasteiger partial charge in [0, 0.05) is 12.5 Å². The molecule has 3 nitrogen and oxygen atoms in total. The van der Waals surface area contributed by atoms with Crippen LogP contribution in [0.1, 0.15) is 26.7 Å². The van der Waals surface area contributed by atoms with Crippen LogP contribution in [0.2, 0.25) is 0 Å². The fourth-order valence-electron chi connectivity index (χ4n) is 3.71. The van der Waals surface area contributed by atoms with Crippen molar-refractivity contribution in [3.63, 3.8) is 0 Å². The summed E-state index contributed by atoms with van der Waals surface area (Å²) in [6, 6.07) is 0. The molecule has 16 heavy (non-hydrogen) atoms. The van der Waals surface area contributed by atoms with Crippen LogP contribution in [-0.2, 0) is 9.63 Å². The number of rotatable bonds is 2. The van der Waals surface area contributed by atoms with Crippen molar-refractivity contribution in [1.29, 1.82) is 0 Å². The zero-order valence-corrected chi connectivity index (χ0v) is 10.9. The minimum absolute atomic E-state index is 0.0000772. The first-order valence-corrected chi connectivity index (χ1v) is 6.38. The van der Waals surface area contributed by atoms with Crippen molar-refractivity contribution in [3.05, 3.63) is 0 Å². The fraction of sp³-hybridized carbons (Fsp3) is 0.909. The monoisotopic (exact) mass is 263 g/mol. The van der Waals surface area contributed by atoms with Crippen molar-refractivity contribution < 1.29 is 9.63 Å². The number of Topliss-reactive ketones (excluding diaryl/α,β-unsaturated/α-hetero) is 1. The van der Waals surface area contributed by atoms with Crippen LogP contribution in [0.3, 0.4) is 0 Å². The quantitative estimate of drug-likeness (QED) is 0.567.